The summed E-state index contributed by atoms with van der Waals surface area (Å²) in [5, 5.41) is 8.84. The van der Waals surface area contributed by atoms with Gasteiger partial charge in [0.2, 0.25) is 0 Å². The first-order chi connectivity index (χ1) is 7.65. The summed E-state index contributed by atoms with van der Waals surface area (Å²) < 4.78 is 9.71. The van der Waals surface area contributed by atoms with Gasteiger partial charge in [0.25, 0.3) is 0 Å². The second-order valence-electron chi connectivity index (χ2n) is 2.90. The van der Waals surface area contributed by atoms with Gasteiger partial charge in [0.1, 0.15) is 11.3 Å². The maximum Gasteiger partial charge on any atom is 0.344 e. The minimum atomic E-state index is -1.10. The van der Waals surface area contributed by atoms with E-state index in [0.717, 1.165) is 0 Å². The normalized spacial score (nSPS) is 9.56. The first-order valence-electron chi connectivity index (χ1n) is 4.76. The van der Waals surface area contributed by atoms with Crippen LogP contribution in [0.15, 0.2) is 24.3 Å². The smallest absolute Gasteiger partial charge is 0.344 e. The van der Waals surface area contributed by atoms with Gasteiger partial charge in [0.15, 0.2) is 6.61 Å². The number of carbonyl (C=O) groups is 2. The highest BCUT2D eigenvalue weighted by atomic mass is 16.6. The molecule has 0 fully saturated rings. The Labute approximate surface area is 92.6 Å². The Morgan fingerprint density at radius 1 is 1.31 bits per heavy atom. The Kier molecular flexibility index (Phi) is 4.32. The van der Waals surface area contributed by atoms with Crippen LogP contribution in [-0.4, -0.2) is 30.3 Å². The number of carbonyl (C=O) groups excluding carboxylic acids is 1. The Morgan fingerprint density at radius 2 is 2.00 bits per heavy atom. The SMILES string of the molecule is CCOC(=O)COc1ccccc1C(=O)O. The number of carboxylic acid groups (broad SMARTS) is 1. The molecule has 5 nitrogen and oxygen atoms in total. The van der Waals surface area contributed by atoms with E-state index >= 15 is 0 Å². The molecule has 1 aromatic carbocycles. The Hall–Kier alpha value is -2.04. The van der Waals surface area contributed by atoms with Gasteiger partial charge in [0, 0.05) is 0 Å². The fourth-order valence-corrected chi connectivity index (χ4v) is 1.11. The molecule has 0 aliphatic rings. The Bertz CT molecular complexity index is 386. The van der Waals surface area contributed by atoms with Crippen LogP contribution in [-0.2, 0) is 9.53 Å². The molecule has 1 rings (SSSR count). The van der Waals surface area contributed by atoms with E-state index < -0.39 is 11.9 Å². The summed E-state index contributed by atoms with van der Waals surface area (Å²) in [6.07, 6.45) is 0. The summed E-state index contributed by atoms with van der Waals surface area (Å²) in [4.78, 5) is 21.8. The van der Waals surface area contributed by atoms with Gasteiger partial charge in [0.05, 0.1) is 6.61 Å². The minimum absolute atomic E-state index is 0.0202. The van der Waals surface area contributed by atoms with E-state index in [0.29, 0.717) is 0 Å². The summed E-state index contributed by atoms with van der Waals surface area (Å²) >= 11 is 0. The van der Waals surface area contributed by atoms with E-state index in [4.69, 9.17) is 9.84 Å². The number of benzene rings is 1. The van der Waals surface area contributed by atoms with Crippen LogP contribution in [0.3, 0.4) is 0 Å². The molecule has 1 aromatic rings. The largest absolute Gasteiger partial charge is 0.481 e. The second kappa shape index (κ2) is 5.75. The van der Waals surface area contributed by atoms with E-state index in [9.17, 15) is 9.59 Å². The zero-order chi connectivity index (χ0) is 12.0. The predicted molar refractivity (Wildman–Crippen MR) is 55.5 cm³/mol. The molecule has 0 saturated carbocycles. The lowest BCUT2D eigenvalue weighted by atomic mass is 10.2. The van der Waals surface area contributed by atoms with Crippen molar-refractivity contribution in [3.05, 3.63) is 29.8 Å². The number of esters is 1. The van der Waals surface area contributed by atoms with Gasteiger partial charge in [-0.25, -0.2) is 9.59 Å². The zero-order valence-electron chi connectivity index (χ0n) is 8.80. The molecule has 0 unspecified atom stereocenters. The Balaban J connectivity index is 2.66. The van der Waals surface area contributed by atoms with Gasteiger partial charge in [-0.05, 0) is 19.1 Å². The average Bonchev–Trinajstić information content (AvgIpc) is 2.27. The number of rotatable bonds is 5. The number of hydrogen-bond donors (Lipinski definition) is 1. The first kappa shape index (κ1) is 12.0. The van der Waals surface area contributed by atoms with Gasteiger partial charge < -0.3 is 14.6 Å². The standard InChI is InChI=1S/C11H12O5/c1-2-15-10(12)7-16-9-6-4-3-5-8(9)11(13)14/h3-6H,2,7H2,1H3,(H,13,14). The number of ether oxygens (including phenoxy) is 2. The van der Waals surface area contributed by atoms with E-state index in [1.807, 2.05) is 0 Å². The number of para-hydroxylation sites is 1. The second-order valence-corrected chi connectivity index (χ2v) is 2.90. The topological polar surface area (TPSA) is 72.8 Å². The molecule has 86 valence electrons. The highest BCUT2D eigenvalue weighted by Crippen LogP contribution is 2.17. The molecular weight excluding hydrogens is 212 g/mol. The molecule has 0 bridgehead atoms. The van der Waals surface area contributed by atoms with E-state index in [-0.39, 0.29) is 24.5 Å². The van der Waals surface area contributed by atoms with Crippen molar-refractivity contribution < 1.29 is 24.2 Å². The molecule has 0 aliphatic heterocycles. The third-order valence-corrected chi connectivity index (χ3v) is 1.77. The van der Waals surface area contributed by atoms with Crippen LogP contribution < -0.4 is 4.74 Å². The van der Waals surface area contributed by atoms with Crippen molar-refractivity contribution in [2.75, 3.05) is 13.2 Å². The number of carboxylic acids is 1. The molecule has 0 radical (unpaired) electrons. The van der Waals surface area contributed by atoms with Crippen molar-refractivity contribution in [1.82, 2.24) is 0 Å². The van der Waals surface area contributed by atoms with Crippen molar-refractivity contribution in [3.63, 3.8) is 0 Å². The highest BCUT2D eigenvalue weighted by Gasteiger charge is 2.11. The van der Waals surface area contributed by atoms with Gasteiger partial charge in [-0.15, -0.1) is 0 Å². The fraction of sp³-hybridized carbons (Fsp3) is 0.273. The molecule has 0 heterocycles. The summed E-state index contributed by atoms with van der Waals surface area (Å²) in [5.41, 5.74) is 0.0202. The average molecular weight is 224 g/mol. The third kappa shape index (κ3) is 3.27. The van der Waals surface area contributed by atoms with Gasteiger partial charge in [-0.2, -0.15) is 0 Å². The monoisotopic (exact) mass is 224 g/mol. The summed E-state index contributed by atoms with van der Waals surface area (Å²) in [6.45, 7) is 1.66. The van der Waals surface area contributed by atoms with Crippen molar-refractivity contribution >= 4 is 11.9 Å². The maximum atomic E-state index is 11.0. The molecule has 0 saturated heterocycles. The van der Waals surface area contributed by atoms with Crippen LogP contribution in [0.5, 0.6) is 5.75 Å². The lowest BCUT2D eigenvalue weighted by Crippen LogP contribution is -2.15. The van der Waals surface area contributed by atoms with Gasteiger partial charge >= 0.3 is 11.9 Å². The van der Waals surface area contributed by atoms with Gasteiger partial charge in [-0.1, -0.05) is 12.1 Å². The predicted octanol–water partition coefficient (Wildman–Crippen LogP) is 1.33. The summed E-state index contributed by atoms with van der Waals surface area (Å²) in [5.74, 6) is -1.47. The lowest BCUT2D eigenvalue weighted by Gasteiger charge is -2.07. The van der Waals surface area contributed by atoms with Crippen LogP contribution in [0.25, 0.3) is 0 Å². The Morgan fingerprint density at radius 3 is 2.62 bits per heavy atom. The highest BCUT2D eigenvalue weighted by molar-refractivity contribution is 5.90. The molecule has 0 spiro atoms. The van der Waals surface area contributed by atoms with Crippen LogP contribution in [0.4, 0.5) is 0 Å². The van der Waals surface area contributed by atoms with Crippen LogP contribution in [0.2, 0.25) is 0 Å². The lowest BCUT2D eigenvalue weighted by molar-refractivity contribution is -0.145. The molecule has 0 aromatic heterocycles. The zero-order valence-corrected chi connectivity index (χ0v) is 8.80. The van der Waals surface area contributed by atoms with Crippen LogP contribution >= 0.6 is 0 Å². The molecule has 5 heteroatoms. The number of hydrogen-bond acceptors (Lipinski definition) is 4. The third-order valence-electron chi connectivity index (χ3n) is 1.77. The molecule has 0 aliphatic carbocycles. The van der Waals surface area contributed by atoms with Gasteiger partial charge in [-0.3, -0.25) is 0 Å². The molecular formula is C11H12O5. The van der Waals surface area contributed by atoms with E-state index in [2.05, 4.69) is 4.74 Å². The van der Waals surface area contributed by atoms with Crippen molar-refractivity contribution in [3.8, 4) is 5.75 Å². The summed E-state index contributed by atoms with van der Waals surface area (Å²) in [6, 6.07) is 6.11. The van der Waals surface area contributed by atoms with Crippen molar-refractivity contribution in [1.29, 1.82) is 0 Å². The van der Waals surface area contributed by atoms with Crippen LogP contribution in [0.1, 0.15) is 17.3 Å². The maximum absolute atomic E-state index is 11.0. The molecule has 1 N–H and O–H groups in total. The van der Waals surface area contributed by atoms with E-state index in [1.165, 1.54) is 12.1 Å². The van der Waals surface area contributed by atoms with Crippen LogP contribution in [0, 0.1) is 0 Å². The molecule has 16 heavy (non-hydrogen) atoms. The number of aromatic carboxylic acids is 1. The molecule has 0 atom stereocenters. The molecule has 0 amide bonds. The summed E-state index contributed by atoms with van der Waals surface area (Å²) in [7, 11) is 0. The fourth-order valence-electron chi connectivity index (χ4n) is 1.11. The van der Waals surface area contributed by atoms with E-state index in [1.54, 1.807) is 19.1 Å². The minimum Gasteiger partial charge on any atom is -0.481 e. The van der Waals surface area contributed by atoms with Crippen molar-refractivity contribution in [2.45, 2.75) is 6.92 Å². The first-order valence-corrected chi connectivity index (χ1v) is 4.76. The van der Waals surface area contributed by atoms with Crippen molar-refractivity contribution in [2.24, 2.45) is 0 Å². The quantitative estimate of drug-likeness (QED) is 0.764.